The van der Waals surface area contributed by atoms with Gasteiger partial charge in [-0.05, 0) is 44.0 Å². The Morgan fingerprint density at radius 1 is 1.35 bits per heavy atom. The van der Waals surface area contributed by atoms with Gasteiger partial charge in [0.05, 0.1) is 0 Å². The maximum Gasteiger partial charge on any atom is 0.224 e. The summed E-state index contributed by atoms with van der Waals surface area (Å²) in [6.45, 7) is 3.87. The van der Waals surface area contributed by atoms with Gasteiger partial charge in [-0.2, -0.15) is 0 Å². The Kier molecular flexibility index (Phi) is 3.33. The van der Waals surface area contributed by atoms with Crippen LogP contribution in [0, 0.1) is 0 Å². The number of nitrogens with one attached hydrogen (secondary N) is 1. The van der Waals surface area contributed by atoms with Crippen LogP contribution in [0.1, 0.15) is 25.8 Å². The molecule has 0 spiro atoms. The fourth-order valence-electron chi connectivity index (χ4n) is 1.76. The fourth-order valence-corrected chi connectivity index (χ4v) is 1.76. The van der Waals surface area contributed by atoms with Crippen molar-refractivity contribution >= 4 is 11.6 Å². The van der Waals surface area contributed by atoms with Gasteiger partial charge < -0.3 is 15.8 Å². The van der Waals surface area contributed by atoms with Crippen LogP contribution in [0.5, 0.6) is 5.75 Å². The van der Waals surface area contributed by atoms with Gasteiger partial charge in [0.2, 0.25) is 5.91 Å². The first-order valence-electron chi connectivity index (χ1n) is 5.91. The highest BCUT2D eigenvalue weighted by Crippen LogP contribution is 2.27. The molecule has 0 aliphatic carbocycles. The Morgan fingerprint density at radius 2 is 2.12 bits per heavy atom. The van der Waals surface area contributed by atoms with Gasteiger partial charge in [0.1, 0.15) is 11.9 Å². The van der Waals surface area contributed by atoms with E-state index in [1.807, 2.05) is 32.0 Å². The van der Waals surface area contributed by atoms with E-state index in [0.29, 0.717) is 6.42 Å². The van der Waals surface area contributed by atoms with E-state index in [-0.39, 0.29) is 18.1 Å². The molecule has 1 amide bonds. The Bertz CT molecular complexity index is 429. The van der Waals surface area contributed by atoms with E-state index in [1.54, 1.807) is 0 Å². The third kappa shape index (κ3) is 2.77. The summed E-state index contributed by atoms with van der Waals surface area (Å²) in [6, 6.07) is 5.72. The van der Waals surface area contributed by atoms with E-state index in [9.17, 15) is 4.79 Å². The van der Waals surface area contributed by atoms with E-state index >= 15 is 0 Å². The zero-order chi connectivity index (χ0) is 12.4. The molecule has 4 heteroatoms. The van der Waals surface area contributed by atoms with Crippen molar-refractivity contribution in [2.24, 2.45) is 5.73 Å². The Hall–Kier alpha value is -1.55. The number of anilines is 1. The molecule has 0 bridgehead atoms. The zero-order valence-corrected chi connectivity index (χ0v) is 10.2. The van der Waals surface area contributed by atoms with Gasteiger partial charge in [-0.3, -0.25) is 4.79 Å². The van der Waals surface area contributed by atoms with Crippen LogP contribution in [-0.2, 0) is 11.2 Å². The number of benzene rings is 1. The van der Waals surface area contributed by atoms with Crippen LogP contribution in [-0.4, -0.2) is 18.1 Å². The van der Waals surface area contributed by atoms with Gasteiger partial charge in [-0.25, -0.2) is 0 Å². The molecule has 0 radical (unpaired) electrons. The SMILES string of the molecule is CC(N)C(C)Oc1ccc2c(c1)CCC(=O)N2. The molecule has 4 nitrogen and oxygen atoms in total. The number of ether oxygens (including phenoxy) is 1. The lowest BCUT2D eigenvalue weighted by Crippen LogP contribution is -2.33. The molecular weight excluding hydrogens is 216 g/mol. The maximum absolute atomic E-state index is 11.2. The van der Waals surface area contributed by atoms with E-state index in [2.05, 4.69) is 5.32 Å². The number of carbonyl (C=O) groups excluding carboxylic acids is 1. The average molecular weight is 234 g/mol. The van der Waals surface area contributed by atoms with Crippen LogP contribution in [0.4, 0.5) is 5.69 Å². The first kappa shape index (κ1) is 11.9. The van der Waals surface area contributed by atoms with Gasteiger partial charge in [0.25, 0.3) is 0 Å². The molecule has 2 rings (SSSR count). The van der Waals surface area contributed by atoms with Gasteiger partial charge in [-0.1, -0.05) is 0 Å². The second-order valence-corrected chi connectivity index (χ2v) is 4.55. The van der Waals surface area contributed by atoms with Crippen molar-refractivity contribution in [2.75, 3.05) is 5.32 Å². The number of fused-ring (bicyclic) bond motifs is 1. The minimum absolute atomic E-state index is 0.00858. The molecule has 17 heavy (non-hydrogen) atoms. The molecule has 92 valence electrons. The normalized spacial score (nSPS) is 17.9. The number of aryl methyl sites for hydroxylation is 1. The number of hydrogen-bond acceptors (Lipinski definition) is 3. The highest BCUT2D eigenvalue weighted by atomic mass is 16.5. The maximum atomic E-state index is 11.2. The Morgan fingerprint density at radius 3 is 2.82 bits per heavy atom. The van der Waals surface area contributed by atoms with Crippen LogP contribution in [0.25, 0.3) is 0 Å². The molecule has 0 saturated heterocycles. The monoisotopic (exact) mass is 234 g/mol. The largest absolute Gasteiger partial charge is 0.489 e. The second-order valence-electron chi connectivity index (χ2n) is 4.55. The van der Waals surface area contributed by atoms with Crippen LogP contribution in [0.15, 0.2) is 18.2 Å². The van der Waals surface area contributed by atoms with Crippen LogP contribution >= 0.6 is 0 Å². The van der Waals surface area contributed by atoms with Gasteiger partial charge in [0, 0.05) is 18.2 Å². The van der Waals surface area contributed by atoms with E-state index < -0.39 is 0 Å². The van der Waals surface area contributed by atoms with Gasteiger partial charge in [0.15, 0.2) is 0 Å². The third-order valence-electron chi connectivity index (χ3n) is 3.03. The molecule has 1 heterocycles. The summed E-state index contributed by atoms with van der Waals surface area (Å²) in [5.74, 6) is 0.889. The summed E-state index contributed by atoms with van der Waals surface area (Å²) in [6.07, 6.45) is 1.29. The van der Waals surface area contributed by atoms with Crippen molar-refractivity contribution in [3.8, 4) is 5.75 Å². The molecule has 2 unspecified atom stereocenters. The lowest BCUT2D eigenvalue weighted by molar-refractivity contribution is -0.116. The summed E-state index contributed by atoms with van der Waals surface area (Å²) < 4.78 is 5.73. The Balaban J connectivity index is 2.14. The first-order chi connectivity index (χ1) is 8.06. The number of nitrogens with two attached hydrogens (primary N) is 1. The first-order valence-corrected chi connectivity index (χ1v) is 5.91. The second kappa shape index (κ2) is 4.75. The number of hydrogen-bond donors (Lipinski definition) is 2. The van der Waals surface area contributed by atoms with Crippen LogP contribution in [0.2, 0.25) is 0 Å². The van der Waals surface area contributed by atoms with E-state index in [0.717, 1.165) is 23.4 Å². The number of amides is 1. The van der Waals surface area contributed by atoms with Gasteiger partial charge in [-0.15, -0.1) is 0 Å². The summed E-state index contributed by atoms with van der Waals surface area (Å²) in [5.41, 5.74) is 7.77. The van der Waals surface area contributed by atoms with Crippen molar-refractivity contribution < 1.29 is 9.53 Å². The predicted octanol–water partition coefficient (Wildman–Crippen LogP) is 1.69. The smallest absolute Gasteiger partial charge is 0.224 e. The number of carbonyl (C=O) groups is 1. The van der Waals surface area contributed by atoms with Crippen molar-refractivity contribution in [1.29, 1.82) is 0 Å². The van der Waals surface area contributed by atoms with Crippen molar-refractivity contribution in [2.45, 2.75) is 38.8 Å². The highest BCUT2D eigenvalue weighted by Gasteiger charge is 2.16. The molecule has 1 aliphatic heterocycles. The van der Waals surface area contributed by atoms with E-state index in [1.165, 1.54) is 0 Å². The topological polar surface area (TPSA) is 64.3 Å². The van der Waals surface area contributed by atoms with Crippen LogP contribution in [0.3, 0.4) is 0 Å². The van der Waals surface area contributed by atoms with Crippen molar-refractivity contribution in [1.82, 2.24) is 0 Å². The third-order valence-corrected chi connectivity index (χ3v) is 3.03. The average Bonchev–Trinajstić information content (AvgIpc) is 2.29. The molecule has 1 aromatic rings. The Labute approximate surface area is 101 Å². The molecule has 2 atom stereocenters. The standard InChI is InChI=1S/C13H18N2O2/c1-8(14)9(2)17-11-4-5-12-10(7-11)3-6-13(16)15-12/h4-5,7-9H,3,6,14H2,1-2H3,(H,15,16). The zero-order valence-electron chi connectivity index (χ0n) is 10.2. The summed E-state index contributed by atoms with van der Waals surface area (Å²) in [7, 11) is 0. The molecule has 3 N–H and O–H groups in total. The lowest BCUT2D eigenvalue weighted by atomic mass is 10.0. The van der Waals surface area contributed by atoms with Crippen molar-refractivity contribution in [3.63, 3.8) is 0 Å². The minimum Gasteiger partial charge on any atom is -0.489 e. The lowest BCUT2D eigenvalue weighted by Gasteiger charge is -2.21. The molecule has 0 fully saturated rings. The van der Waals surface area contributed by atoms with Crippen molar-refractivity contribution in [3.05, 3.63) is 23.8 Å². The summed E-state index contributed by atoms with van der Waals surface area (Å²) in [5, 5.41) is 2.84. The fraction of sp³-hybridized carbons (Fsp3) is 0.462. The molecule has 0 aromatic heterocycles. The van der Waals surface area contributed by atoms with Crippen LogP contribution < -0.4 is 15.8 Å². The predicted molar refractivity (Wildman–Crippen MR) is 67.1 cm³/mol. The molecule has 1 aliphatic rings. The molecule has 1 aromatic carbocycles. The van der Waals surface area contributed by atoms with Gasteiger partial charge >= 0.3 is 0 Å². The molecular formula is C13H18N2O2. The minimum atomic E-state index is -0.0220. The summed E-state index contributed by atoms with van der Waals surface area (Å²) >= 11 is 0. The quantitative estimate of drug-likeness (QED) is 0.836. The summed E-state index contributed by atoms with van der Waals surface area (Å²) in [4.78, 5) is 11.2. The highest BCUT2D eigenvalue weighted by molar-refractivity contribution is 5.93. The molecule has 0 saturated carbocycles. The number of rotatable bonds is 3. The van der Waals surface area contributed by atoms with E-state index in [4.69, 9.17) is 10.5 Å².